The van der Waals surface area contributed by atoms with Gasteiger partial charge in [0.25, 0.3) is 0 Å². The molecule has 0 radical (unpaired) electrons. The van der Waals surface area contributed by atoms with Gasteiger partial charge in [0, 0.05) is 6.20 Å². The van der Waals surface area contributed by atoms with Crippen LogP contribution in [0.5, 0.6) is 0 Å². The third-order valence-electron chi connectivity index (χ3n) is 3.47. The van der Waals surface area contributed by atoms with Gasteiger partial charge in [-0.1, -0.05) is 30.3 Å². The Balaban J connectivity index is 1.86. The molecule has 2 aromatic carbocycles. The Morgan fingerprint density at radius 1 is 0.783 bits per heavy atom. The number of hydrogen-bond donors (Lipinski definition) is 0. The minimum Gasteiger partial charge on any atom is -0.421 e. The molecule has 23 heavy (non-hydrogen) atoms. The van der Waals surface area contributed by atoms with Crippen LogP contribution >= 0.6 is 0 Å². The lowest BCUT2D eigenvalue weighted by molar-refractivity contribution is 0.316. The van der Waals surface area contributed by atoms with E-state index in [0.717, 1.165) is 16.6 Å². The van der Waals surface area contributed by atoms with Gasteiger partial charge in [0.15, 0.2) is 0 Å². The van der Waals surface area contributed by atoms with Crippen LogP contribution in [0, 0.1) is 11.6 Å². The topological polar surface area (TPSA) is 22.1 Å². The van der Waals surface area contributed by atoms with Crippen LogP contribution in [0.25, 0.3) is 0 Å². The zero-order valence-electron chi connectivity index (χ0n) is 12.3. The van der Waals surface area contributed by atoms with Crippen molar-refractivity contribution in [3.8, 4) is 0 Å². The predicted molar refractivity (Wildman–Crippen MR) is 86.8 cm³/mol. The van der Waals surface area contributed by atoms with Crippen LogP contribution in [0.15, 0.2) is 72.9 Å². The molecule has 0 amide bonds. The van der Waals surface area contributed by atoms with E-state index < -0.39 is 6.92 Å². The Morgan fingerprint density at radius 2 is 1.35 bits per heavy atom. The molecule has 3 aromatic rings. The van der Waals surface area contributed by atoms with Crippen molar-refractivity contribution in [2.75, 3.05) is 0 Å². The van der Waals surface area contributed by atoms with Crippen LogP contribution < -0.4 is 10.9 Å². The van der Waals surface area contributed by atoms with Crippen LogP contribution in [0.3, 0.4) is 0 Å². The van der Waals surface area contributed by atoms with Gasteiger partial charge in [-0.3, -0.25) is 4.98 Å². The van der Waals surface area contributed by atoms with Crippen LogP contribution in [0.1, 0.15) is 5.69 Å². The third-order valence-corrected chi connectivity index (χ3v) is 3.47. The molecule has 5 heteroatoms. The largest absolute Gasteiger partial charge is 0.421 e. The molecule has 1 aromatic heterocycles. The van der Waals surface area contributed by atoms with Crippen molar-refractivity contribution in [3.05, 3.63) is 90.3 Å². The number of halogens is 2. The van der Waals surface area contributed by atoms with Gasteiger partial charge in [0.05, 0.1) is 12.3 Å². The predicted octanol–water partition coefficient (Wildman–Crippen LogP) is 2.68. The summed E-state index contributed by atoms with van der Waals surface area (Å²) < 4.78 is 32.3. The minimum atomic E-state index is -0.418. The summed E-state index contributed by atoms with van der Waals surface area (Å²) in [4.78, 5) is 4.22. The van der Waals surface area contributed by atoms with Crippen LogP contribution in [0.2, 0.25) is 0 Å². The Labute approximate surface area is 133 Å². The first kappa shape index (κ1) is 15.4. The molecule has 0 atom stereocenters. The van der Waals surface area contributed by atoms with Crippen molar-refractivity contribution >= 4 is 17.8 Å². The summed E-state index contributed by atoms with van der Waals surface area (Å²) in [5.74, 6) is -0.618. The highest BCUT2D eigenvalue weighted by molar-refractivity contribution is 6.80. The highest BCUT2D eigenvalue weighted by atomic mass is 19.1. The summed E-state index contributed by atoms with van der Waals surface area (Å²) in [5, 5.41) is 0. The average Bonchev–Trinajstić information content (AvgIpc) is 2.59. The quantitative estimate of drug-likeness (QED) is 0.676. The zero-order chi connectivity index (χ0) is 16.1. The molecule has 114 valence electrons. The standard InChI is InChI=1S/C18H14BF2NO/c20-16-8-4-14(5-9-16)19(15-6-10-17(21)11-7-15)23-13-18-3-1-2-12-22-18/h1-12H,13H2. The van der Waals surface area contributed by atoms with Crippen molar-refractivity contribution < 1.29 is 13.4 Å². The van der Waals surface area contributed by atoms with E-state index in [4.69, 9.17) is 4.65 Å². The molecule has 0 bridgehead atoms. The summed E-state index contributed by atoms with van der Waals surface area (Å²) >= 11 is 0. The maximum Gasteiger partial charge on any atom is 0.361 e. The molecular weight excluding hydrogens is 295 g/mol. The summed E-state index contributed by atoms with van der Waals surface area (Å²) in [7, 11) is 0. The number of nitrogens with zero attached hydrogens (tertiary/aromatic N) is 1. The zero-order valence-corrected chi connectivity index (χ0v) is 12.3. The molecule has 0 aliphatic rings. The number of pyridine rings is 1. The SMILES string of the molecule is Fc1ccc(B(OCc2ccccn2)c2ccc(F)cc2)cc1. The molecule has 0 N–H and O–H groups in total. The van der Waals surface area contributed by atoms with E-state index in [1.807, 2.05) is 18.2 Å². The maximum absolute atomic E-state index is 13.2. The van der Waals surface area contributed by atoms with Gasteiger partial charge in [-0.25, -0.2) is 8.78 Å². The minimum absolute atomic E-state index is 0.306. The van der Waals surface area contributed by atoms with Crippen LogP contribution in [0.4, 0.5) is 8.78 Å². The van der Waals surface area contributed by atoms with E-state index in [9.17, 15) is 8.78 Å². The van der Waals surface area contributed by atoms with E-state index >= 15 is 0 Å². The Bertz CT molecular complexity index is 703. The lowest BCUT2D eigenvalue weighted by atomic mass is 9.55. The van der Waals surface area contributed by atoms with Gasteiger partial charge in [-0.05, 0) is 47.3 Å². The molecule has 0 spiro atoms. The molecule has 0 aliphatic carbocycles. The number of benzene rings is 2. The fourth-order valence-corrected chi connectivity index (χ4v) is 2.31. The first-order valence-corrected chi connectivity index (χ1v) is 7.25. The van der Waals surface area contributed by atoms with Crippen LogP contribution in [-0.2, 0) is 11.3 Å². The fourth-order valence-electron chi connectivity index (χ4n) is 2.31. The van der Waals surface area contributed by atoms with Crippen LogP contribution in [-0.4, -0.2) is 11.9 Å². The first-order chi connectivity index (χ1) is 11.2. The molecule has 0 saturated carbocycles. The molecule has 0 saturated heterocycles. The molecule has 3 rings (SSSR count). The fraction of sp³-hybridized carbons (Fsp3) is 0.0556. The summed E-state index contributed by atoms with van der Waals surface area (Å²) in [6.07, 6.45) is 1.70. The van der Waals surface area contributed by atoms with Gasteiger partial charge >= 0.3 is 6.92 Å². The lowest BCUT2D eigenvalue weighted by Gasteiger charge is -2.15. The van der Waals surface area contributed by atoms with E-state index in [-0.39, 0.29) is 11.6 Å². The summed E-state index contributed by atoms with van der Waals surface area (Å²) in [6.45, 7) is -0.113. The van der Waals surface area contributed by atoms with Gasteiger partial charge in [0.2, 0.25) is 0 Å². The number of rotatable bonds is 5. The first-order valence-electron chi connectivity index (χ1n) is 7.25. The van der Waals surface area contributed by atoms with Gasteiger partial charge in [-0.2, -0.15) is 0 Å². The number of hydrogen-bond acceptors (Lipinski definition) is 2. The highest BCUT2D eigenvalue weighted by Gasteiger charge is 2.21. The average molecular weight is 309 g/mol. The van der Waals surface area contributed by atoms with Crippen molar-refractivity contribution in [1.29, 1.82) is 0 Å². The number of aromatic nitrogens is 1. The monoisotopic (exact) mass is 309 g/mol. The highest BCUT2D eigenvalue weighted by Crippen LogP contribution is 2.03. The smallest absolute Gasteiger partial charge is 0.361 e. The van der Waals surface area contributed by atoms with Crippen molar-refractivity contribution in [2.24, 2.45) is 0 Å². The van der Waals surface area contributed by atoms with E-state index in [1.165, 1.54) is 24.3 Å². The molecule has 0 unspecified atom stereocenters. The Morgan fingerprint density at radius 3 is 1.83 bits per heavy atom. The van der Waals surface area contributed by atoms with E-state index in [2.05, 4.69) is 4.98 Å². The summed E-state index contributed by atoms with van der Waals surface area (Å²) in [5.41, 5.74) is 2.39. The molecule has 0 fully saturated rings. The second-order valence-electron chi connectivity index (χ2n) is 5.12. The van der Waals surface area contributed by atoms with E-state index in [1.54, 1.807) is 30.5 Å². The molecule has 1 heterocycles. The van der Waals surface area contributed by atoms with Gasteiger partial charge < -0.3 is 4.65 Å². The molecule has 0 aliphatic heterocycles. The third kappa shape index (κ3) is 4.02. The van der Waals surface area contributed by atoms with Crippen molar-refractivity contribution in [3.63, 3.8) is 0 Å². The maximum atomic E-state index is 13.2. The molecular formula is C18H14BF2NO. The van der Waals surface area contributed by atoms with Gasteiger partial charge in [-0.15, -0.1) is 0 Å². The Hall–Kier alpha value is -2.53. The summed E-state index contributed by atoms with van der Waals surface area (Å²) in [6, 6.07) is 17.8. The Kier molecular flexibility index (Phi) is 4.78. The normalized spacial score (nSPS) is 10.5. The molecule has 2 nitrogen and oxygen atoms in total. The van der Waals surface area contributed by atoms with Gasteiger partial charge in [0.1, 0.15) is 11.6 Å². The van der Waals surface area contributed by atoms with Crippen molar-refractivity contribution in [2.45, 2.75) is 6.61 Å². The lowest BCUT2D eigenvalue weighted by Crippen LogP contribution is -2.44. The second-order valence-corrected chi connectivity index (χ2v) is 5.12. The van der Waals surface area contributed by atoms with E-state index in [0.29, 0.717) is 6.61 Å². The van der Waals surface area contributed by atoms with Crippen molar-refractivity contribution in [1.82, 2.24) is 4.98 Å². The second kappa shape index (κ2) is 7.16.